The molecule has 39 heavy (non-hydrogen) atoms. The Bertz CT molecular complexity index is 1310. The highest BCUT2D eigenvalue weighted by Gasteiger charge is 2.21. The Morgan fingerprint density at radius 1 is 0.974 bits per heavy atom. The largest absolute Gasteiger partial charge is 0.493 e. The highest BCUT2D eigenvalue weighted by atomic mass is 16.5. The van der Waals surface area contributed by atoms with Crippen molar-refractivity contribution in [3.8, 4) is 17.2 Å². The predicted molar refractivity (Wildman–Crippen MR) is 148 cm³/mol. The fourth-order valence-corrected chi connectivity index (χ4v) is 4.82. The molecule has 9 heteroatoms. The van der Waals surface area contributed by atoms with Crippen LogP contribution >= 0.6 is 0 Å². The lowest BCUT2D eigenvalue weighted by atomic mass is 10.2. The van der Waals surface area contributed by atoms with E-state index in [4.69, 9.17) is 18.9 Å². The molecule has 206 valence electrons. The van der Waals surface area contributed by atoms with Crippen molar-refractivity contribution >= 4 is 11.0 Å². The van der Waals surface area contributed by atoms with Gasteiger partial charge in [0.05, 0.1) is 12.6 Å². The second kappa shape index (κ2) is 13.4. The zero-order valence-electron chi connectivity index (χ0n) is 22.3. The topological polar surface area (TPSA) is 91.1 Å². The van der Waals surface area contributed by atoms with E-state index in [0.717, 1.165) is 36.9 Å². The third-order valence-electron chi connectivity index (χ3n) is 6.78. The van der Waals surface area contributed by atoms with Gasteiger partial charge in [-0.2, -0.15) is 0 Å². The summed E-state index contributed by atoms with van der Waals surface area (Å²) in [5.74, 6) is 1.99. The summed E-state index contributed by atoms with van der Waals surface area (Å²) in [5.41, 5.74) is 2.70. The summed E-state index contributed by atoms with van der Waals surface area (Å²) in [7, 11) is 1.63. The molecule has 1 unspecified atom stereocenters. The van der Waals surface area contributed by atoms with Crippen LogP contribution in [-0.2, 0) is 11.3 Å². The van der Waals surface area contributed by atoms with E-state index in [-0.39, 0.29) is 12.8 Å². The fraction of sp³-hybridized carbons (Fsp3) is 0.400. The standard InChI is InChI=1S/C30H36N4O5/c1-36-26-13-5-6-14-27(26)37-19-17-33(20-23-10-3-2-4-11-23)21-24(35)22-39-28-15-9-12-25-30(28)31-32-34(25)29-16-7-8-18-38-29/h2-6,9-15,24,29,35H,7-8,16-22H2,1H3/t24?,29-/m0/s1. The average Bonchev–Trinajstić information content (AvgIpc) is 3.42. The van der Waals surface area contributed by atoms with Crippen molar-refractivity contribution in [2.24, 2.45) is 0 Å². The molecule has 1 aromatic heterocycles. The van der Waals surface area contributed by atoms with Crippen molar-refractivity contribution in [1.29, 1.82) is 0 Å². The summed E-state index contributed by atoms with van der Waals surface area (Å²) in [5, 5.41) is 19.7. The molecule has 0 aliphatic carbocycles. The number of fused-ring (bicyclic) bond motifs is 1. The third-order valence-corrected chi connectivity index (χ3v) is 6.78. The number of aliphatic hydroxyl groups excluding tert-OH is 1. The number of rotatable bonds is 13. The molecule has 2 atom stereocenters. The lowest BCUT2D eigenvalue weighted by Crippen LogP contribution is -2.37. The van der Waals surface area contributed by atoms with Gasteiger partial charge < -0.3 is 24.1 Å². The Morgan fingerprint density at radius 2 is 1.77 bits per heavy atom. The molecule has 0 bridgehead atoms. The Kier molecular flexibility index (Phi) is 9.26. The Balaban J connectivity index is 1.20. The van der Waals surface area contributed by atoms with E-state index in [1.807, 2.05) is 65.3 Å². The van der Waals surface area contributed by atoms with Crippen LogP contribution in [0.5, 0.6) is 17.2 Å². The van der Waals surface area contributed by atoms with Crippen molar-refractivity contribution < 1.29 is 24.1 Å². The van der Waals surface area contributed by atoms with Crippen molar-refractivity contribution in [2.45, 2.75) is 38.1 Å². The molecule has 1 N–H and O–H groups in total. The number of aromatic nitrogens is 3. The van der Waals surface area contributed by atoms with Crippen LogP contribution in [0.1, 0.15) is 31.1 Å². The van der Waals surface area contributed by atoms with Gasteiger partial charge in [0.25, 0.3) is 0 Å². The highest BCUT2D eigenvalue weighted by Crippen LogP contribution is 2.29. The average molecular weight is 533 g/mol. The molecular formula is C30H36N4O5. The monoisotopic (exact) mass is 532 g/mol. The Hall–Kier alpha value is -3.66. The first-order valence-electron chi connectivity index (χ1n) is 13.5. The van der Waals surface area contributed by atoms with E-state index in [0.29, 0.717) is 49.0 Å². The number of hydrogen-bond donors (Lipinski definition) is 1. The van der Waals surface area contributed by atoms with Gasteiger partial charge in [-0.3, -0.25) is 4.90 Å². The molecule has 0 radical (unpaired) electrons. The van der Waals surface area contributed by atoms with Crippen molar-refractivity contribution in [3.05, 3.63) is 78.4 Å². The third kappa shape index (κ3) is 7.06. The van der Waals surface area contributed by atoms with Crippen LogP contribution in [0.15, 0.2) is 72.8 Å². The first-order chi connectivity index (χ1) is 19.2. The minimum absolute atomic E-state index is 0.103. The van der Waals surface area contributed by atoms with E-state index in [9.17, 15) is 5.11 Å². The number of aliphatic hydroxyl groups is 1. The zero-order chi connectivity index (χ0) is 26.9. The maximum Gasteiger partial charge on any atom is 0.161 e. The van der Waals surface area contributed by atoms with Gasteiger partial charge in [0, 0.05) is 26.2 Å². The van der Waals surface area contributed by atoms with E-state index < -0.39 is 6.10 Å². The highest BCUT2D eigenvalue weighted by molar-refractivity contribution is 5.81. The number of benzene rings is 3. The predicted octanol–water partition coefficient (Wildman–Crippen LogP) is 4.46. The van der Waals surface area contributed by atoms with Crippen LogP contribution in [0.25, 0.3) is 11.0 Å². The minimum Gasteiger partial charge on any atom is -0.493 e. The van der Waals surface area contributed by atoms with Crippen LogP contribution in [0, 0.1) is 0 Å². The fourth-order valence-electron chi connectivity index (χ4n) is 4.82. The van der Waals surface area contributed by atoms with Gasteiger partial charge in [-0.1, -0.05) is 53.7 Å². The van der Waals surface area contributed by atoms with Crippen molar-refractivity contribution in [3.63, 3.8) is 0 Å². The quantitative estimate of drug-likeness (QED) is 0.270. The number of hydrogen-bond acceptors (Lipinski definition) is 8. The Morgan fingerprint density at radius 3 is 2.56 bits per heavy atom. The van der Waals surface area contributed by atoms with Gasteiger partial charge >= 0.3 is 0 Å². The lowest BCUT2D eigenvalue weighted by molar-refractivity contribution is -0.0377. The molecule has 1 fully saturated rings. The molecule has 0 spiro atoms. The van der Waals surface area contributed by atoms with Crippen LogP contribution in [0.2, 0.25) is 0 Å². The molecule has 1 saturated heterocycles. The molecule has 5 rings (SSSR count). The second-order valence-corrected chi connectivity index (χ2v) is 9.66. The maximum atomic E-state index is 10.9. The summed E-state index contributed by atoms with van der Waals surface area (Å²) < 4.78 is 25.2. The molecule has 9 nitrogen and oxygen atoms in total. The minimum atomic E-state index is -0.716. The molecule has 1 aliphatic heterocycles. The van der Waals surface area contributed by atoms with E-state index in [2.05, 4.69) is 27.3 Å². The second-order valence-electron chi connectivity index (χ2n) is 9.66. The first kappa shape index (κ1) is 26.9. The molecule has 2 heterocycles. The van der Waals surface area contributed by atoms with Gasteiger partial charge in [-0.05, 0) is 49.1 Å². The SMILES string of the molecule is COc1ccccc1OCCN(Cc1ccccc1)CC(O)COc1cccc2c1nnn2[C@@H]1CCCCO1. The van der Waals surface area contributed by atoms with E-state index >= 15 is 0 Å². The molecule has 0 saturated carbocycles. The smallest absolute Gasteiger partial charge is 0.161 e. The van der Waals surface area contributed by atoms with E-state index in [1.165, 1.54) is 0 Å². The van der Waals surface area contributed by atoms with Crippen LogP contribution in [0.4, 0.5) is 0 Å². The zero-order valence-corrected chi connectivity index (χ0v) is 22.3. The van der Waals surface area contributed by atoms with Gasteiger partial charge in [-0.25, -0.2) is 4.68 Å². The molecule has 3 aromatic carbocycles. The first-order valence-corrected chi connectivity index (χ1v) is 13.5. The summed E-state index contributed by atoms with van der Waals surface area (Å²) in [4.78, 5) is 2.16. The van der Waals surface area contributed by atoms with Crippen molar-refractivity contribution in [1.82, 2.24) is 19.9 Å². The number of ether oxygens (including phenoxy) is 4. The molecule has 1 aliphatic rings. The van der Waals surface area contributed by atoms with Crippen molar-refractivity contribution in [2.75, 3.05) is 40.0 Å². The maximum absolute atomic E-state index is 10.9. The van der Waals surface area contributed by atoms with Crippen LogP contribution in [0.3, 0.4) is 0 Å². The number of methoxy groups -OCH3 is 1. The molecule has 4 aromatic rings. The number of para-hydroxylation sites is 2. The van der Waals surface area contributed by atoms with Gasteiger partial charge in [0.15, 0.2) is 23.2 Å². The van der Waals surface area contributed by atoms with Crippen LogP contribution in [-0.4, -0.2) is 71.1 Å². The van der Waals surface area contributed by atoms with Crippen LogP contribution < -0.4 is 14.2 Å². The molecular weight excluding hydrogens is 496 g/mol. The Labute approximate surface area is 228 Å². The van der Waals surface area contributed by atoms with E-state index in [1.54, 1.807) is 7.11 Å². The van der Waals surface area contributed by atoms with Gasteiger partial charge in [0.2, 0.25) is 0 Å². The number of nitrogens with zero attached hydrogens (tertiary/aromatic N) is 4. The van der Waals surface area contributed by atoms with Gasteiger partial charge in [-0.15, -0.1) is 5.10 Å². The summed E-state index contributed by atoms with van der Waals surface area (Å²) in [6.45, 7) is 3.03. The molecule has 0 amide bonds. The van der Waals surface area contributed by atoms with Gasteiger partial charge in [0.1, 0.15) is 25.1 Å². The summed E-state index contributed by atoms with van der Waals surface area (Å²) in [6.07, 6.45) is 2.28. The lowest BCUT2D eigenvalue weighted by Gasteiger charge is -2.25. The summed E-state index contributed by atoms with van der Waals surface area (Å²) >= 11 is 0. The normalized spacial score (nSPS) is 16.3. The summed E-state index contributed by atoms with van der Waals surface area (Å²) in [6, 6.07) is 23.5.